The highest BCUT2D eigenvalue weighted by atomic mass is 16.5. The number of esters is 1. The molecule has 0 bridgehead atoms. The average Bonchev–Trinajstić information content (AvgIpc) is 2.85. The van der Waals surface area contributed by atoms with Crippen LogP contribution in [0.4, 0.5) is 0 Å². The van der Waals surface area contributed by atoms with Crippen LogP contribution in [0.5, 0.6) is 0 Å². The number of hydrogen-bond donors (Lipinski definition) is 0. The van der Waals surface area contributed by atoms with E-state index in [1.54, 1.807) is 16.7 Å². The summed E-state index contributed by atoms with van der Waals surface area (Å²) < 4.78 is 5.02. The zero-order valence-corrected chi connectivity index (χ0v) is 12.0. The minimum absolute atomic E-state index is 0.0531. The Hall–Kier alpha value is -1.59. The SMILES string of the molecule is CCOC(=O)[C@H]1CCCN(C(=O)CN2CCCC2=O)C1. The van der Waals surface area contributed by atoms with E-state index in [4.69, 9.17) is 4.74 Å². The van der Waals surface area contributed by atoms with Gasteiger partial charge in [0, 0.05) is 26.1 Å². The van der Waals surface area contributed by atoms with Crippen molar-refractivity contribution in [3.63, 3.8) is 0 Å². The second-order valence-electron chi connectivity index (χ2n) is 5.35. The van der Waals surface area contributed by atoms with Gasteiger partial charge in [0.05, 0.1) is 19.1 Å². The van der Waals surface area contributed by atoms with E-state index in [-0.39, 0.29) is 30.2 Å². The van der Waals surface area contributed by atoms with Crippen molar-refractivity contribution in [2.75, 3.05) is 32.8 Å². The van der Waals surface area contributed by atoms with Gasteiger partial charge >= 0.3 is 5.97 Å². The van der Waals surface area contributed by atoms with Gasteiger partial charge in [-0.05, 0) is 26.2 Å². The van der Waals surface area contributed by atoms with E-state index in [1.807, 2.05) is 0 Å². The molecule has 2 heterocycles. The molecule has 0 spiro atoms. The Labute approximate surface area is 119 Å². The normalized spacial score (nSPS) is 23.1. The first kappa shape index (κ1) is 14.8. The fraction of sp³-hybridized carbons (Fsp3) is 0.786. The van der Waals surface area contributed by atoms with Crippen molar-refractivity contribution in [1.29, 1.82) is 0 Å². The molecule has 2 rings (SSSR count). The minimum atomic E-state index is -0.220. The summed E-state index contributed by atoms with van der Waals surface area (Å²) in [4.78, 5) is 38.8. The molecular formula is C14H22N2O4. The number of likely N-dealkylation sites (tertiary alicyclic amines) is 2. The Morgan fingerprint density at radius 3 is 2.75 bits per heavy atom. The van der Waals surface area contributed by atoms with Gasteiger partial charge in [-0.1, -0.05) is 0 Å². The minimum Gasteiger partial charge on any atom is -0.466 e. The highest BCUT2D eigenvalue weighted by molar-refractivity contribution is 5.86. The van der Waals surface area contributed by atoms with E-state index >= 15 is 0 Å². The topological polar surface area (TPSA) is 66.9 Å². The molecule has 0 aromatic rings. The number of hydrogen-bond acceptors (Lipinski definition) is 4. The lowest BCUT2D eigenvalue weighted by Crippen LogP contribution is -2.47. The van der Waals surface area contributed by atoms with Gasteiger partial charge in [-0.15, -0.1) is 0 Å². The maximum atomic E-state index is 12.2. The van der Waals surface area contributed by atoms with E-state index in [0.717, 1.165) is 19.3 Å². The lowest BCUT2D eigenvalue weighted by molar-refractivity contribution is -0.152. The number of nitrogens with zero attached hydrogens (tertiary/aromatic N) is 2. The molecule has 20 heavy (non-hydrogen) atoms. The van der Waals surface area contributed by atoms with Crippen molar-refractivity contribution in [3.8, 4) is 0 Å². The van der Waals surface area contributed by atoms with Gasteiger partial charge in [0.15, 0.2) is 0 Å². The molecule has 2 aliphatic heterocycles. The number of piperidine rings is 1. The van der Waals surface area contributed by atoms with Crippen LogP contribution in [0.3, 0.4) is 0 Å². The maximum Gasteiger partial charge on any atom is 0.310 e. The van der Waals surface area contributed by atoms with Crippen molar-refractivity contribution in [2.45, 2.75) is 32.6 Å². The number of rotatable bonds is 4. The Balaban J connectivity index is 1.86. The highest BCUT2D eigenvalue weighted by Crippen LogP contribution is 2.19. The first-order chi connectivity index (χ1) is 9.61. The third-order valence-corrected chi connectivity index (χ3v) is 3.89. The maximum absolute atomic E-state index is 12.2. The molecular weight excluding hydrogens is 260 g/mol. The van der Waals surface area contributed by atoms with E-state index in [9.17, 15) is 14.4 Å². The Morgan fingerprint density at radius 1 is 1.30 bits per heavy atom. The molecule has 2 aliphatic rings. The monoisotopic (exact) mass is 282 g/mol. The predicted octanol–water partition coefficient (Wildman–Crippen LogP) is 0.410. The van der Waals surface area contributed by atoms with Crippen LogP contribution in [-0.2, 0) is 19.1 Å². The van der Waals surface area contributed by atoms with Gasteiger partial charge in [0.25, 0.3) is 0 Å². The van der Waals surface area contributed by atoms with Gasteiger partial charge in [-0.25, -0.2) is 0 Å². The van der Waals surface area contributed by atoms with Gasteiger partial charge in [0.1, 0.15) is 0 Å². The summed E-state index contributed by atoms with van der Waals surface area (Å²) in [5.41, 5.74) is 0. The van der Waals surface area contributed by atoms with Crippen LogP contribution in [0.15, 0.2) is 0 Å². The standard InChI is InChI=1S/C14H22N2O4/c1-2-20-14(19)11-5-3-7-15(9-11)13(18)10-16-8-4-6-12(16)17/h11H,2-10H2,1H3/t11-/m0/s1. The van der Waals surface area contributed by atoms with E-state index in [2.05, 4.69) is 0 Å². The lowest BCUT2D eigenvalue weighted by atomic mass is 9.98. The molecule has 0 saturated carbocycles. The van der Waals surface area contributed by atoms with Crippen molar-refractivity contribution in [1.82, 2.24) is 9.80 Å². The molecule has 0 aromatic carbocycles. The van der Waals surface area contributed by atoms with Crippen LogP contribution in [0.25, 0.3) is 0 Å². The van der Waals surface area contributed by atoms with Gasteiger partial charge in [-0.3, -0.25) is 14.4 Å². The summed E-state index contributed by atoms with van der Waals surface area (Å²) in [6, 6.07) is 0. The number of carbonyl (C=O) groups is 3. The van der Waals surface area contributed by atoms with Crippen molar-refractivity contribution in [3.05, 3.63) is 0 Å². The number of ether oxygens (including phenoxy) is 1. The third kappa shape index (κ3) is 3.49. The Kier molecular flexibility index (Phi) is 4.98. The van der Waals surface area contributed by atoms with Crippen LogP contribution in [-0.4, -0.2) is 60.4 Å². The van der Waals surface area contributed by atoms with Crippen molar-refractivity contribution < 1.29 is 19.1 Å². The van der Waals surface area contributed by atoms with Gasteiger partial charge < -0.3 is 14.5 Å². The lowest BCUT2D eigenvalue weighted by Gasteiger charge is -2.32. The van der Waals surface area contributed by atoms with Crippen LogP contribution in [0.2, 0.25) is 0 Å². The molecule has 0 aliphatic carbocycles. The van der Waals surface area contributed by atoms with Crippen LogP contribution < -0.4 is 0 Å². The predicted molar refractivity (Wildman–Crippen MR) is 71.8 cm³/mol. The van der Waals surface area contributed by atoms with Crippen LogP contribution in [0, 0.1) is 5.92 Å². The van der Waals surface area contributed by atoms with E-state index < -0.39 is 0 Å². The van der Waals surface area contributed by atoms with Crippen LogP contribution >= 0.6 is 0 Å². The van der Waals surface area contributed by atoms with Crippen molar-refractivity contribution in [2.24, 2.45) is 5.92 Å². The molecule has 6 heteroatoms. The van der Waals surface area contributed by atoms with Gasteiger partial charge in [0.2, 0.25) is 11.8 Å². The molecule has 2 saturated heterocycles. The summed E-state index contributed by atoms with van der Waals surface area (Å²) in [5.74, 6) is -0.448. The molecule has 2 amide bonds. The smallest absolute Gasteiger partial charge is 0.310 e. The van der Waals surface area contributed by atoms with Crippen LogP contribution in [0.1, 0.15) is 32.6 Å². The fourth-order valence-electron chi connectivity index (χ4n) is 2.79. The van der Waals surface area contributed by atoms with E-state index in [1.165, 1.54) is 0 Å². The second kappa shape index (κ2) is 6.72. The first-order valence-electron chi connectivity index (χ1n) is 7.34. The molecule has 0 radical (unpaired) electrons. The summed E-state index contributed by atoms with van der Waals surface area (Å²) >= 11 is 0. The van der Waals surface area contributed by atoms with Crippen molar-refractivity contribution >= 4 is 17.8 Å². The number of amides is 2. The molecule has 6 nitrogen and oxygen atoms in total. The largest absolute Gasteiger partial charge is 0.466 e. The molecule has 112 valence electrons. The Morgan fingerprint density at radius 2 is 2.10 bits per heavy atom. The molecule has 1 atom stereocenters. The second-order valence-corrected chi connectivity index (χ2v) is 5.35. The highest BCUT2D eigenvalue weighted by Gasteiger charge is 2.31. The molecule has 0 aromatic heterocycles. The molecule has 0 N–H and O–H groups in total. The average molecular weight is 282 g/mol. The molecule has 0 unspecified atom stereocenters. The zero-order valence-electron chi connectivity index (χ0n) is 12.0. The summed E-state index contributed by atoms with van der Waals surface area (Å²) in [5, 5.41) is 0. The van der Waals surface area contributed by atoms with E-state index in [0.29, 0.717) is 32.7 Å². The number of carbonyl (C=O) groups excluding carboxylic acids is 3. The first-order valence-corrected chi connectivity index (χ1v) is 7.34. The summed E-state index contributed by atoms with van der Waals surface area (Å²) in [6.07, 6.45) is 2.95. The fourth-order valence-corrected chi connectivity index (χ4v) is 2.79. The van der Waals surface area contributed by atoms with Gasteiger partial charge in [-0.2, -0.15) is 0 Å². The third-order valence-electron chi connectivity index (χ3n) is 3.89. The summed E-state index contributed by atoms with van der Waals surface area (Å²) in [6.45, 7) is 4.04. The quantitative estimate of drug-likeness (QED) is 0.701. The zero-order chi connectivity index (χ0) is 14.5. The summed E-state index contributed by atoms with van der Waals surface area (Å²) in [7, 11) is 0. The Bertz CT molecular complexity index is 397. The molecule has 2 fully saturated rings.